The van der Waals surface area contributed by atoms with Crippen molar-refractivity contribution >= 4 is 29.4 Å². The third-order valence-electron chi connectivity index (χ3n) is 5.62. The van der Waals surface area contributed by atoms with E-state index in [1.165, 1.54) is 0 Å². The van der Waals surface area contributed by atoms with Crippen molar-refractivity contribution in [3.63, 3.8) is 0 Å². The number of amides is 4. The molecule has 4 amide bonds. The maximum absolute atomic E-state index is 12.8. The van der Waals surface area contributed by atoms with Gasteiger partial charge in [0.25, 0.3) is 5.91 Å². The van der Waals surface area contributed by atoms with E-state index >= 15 is 0 Å². The highest BCUT2D eigenvalue weighted by Crippen LogP contribution is 2.42. The number of imide groups is 1. The fraction of sp³-hybridized carbons (Fsp3) is 0.400. The van der Waals surface area contributed by atoms with Crippen LogP contribution in [-0.4, -0.2) is 44.4 Å². The minimum Gasteiger partial charge on any atom is -0.341 e. The quantitative estimate of drug-likeness (QED) is 0.705. The normalized spacial score (nSPS) is 22.5. The highest BCUT2D eigenvalue weighted by atomic mass is 35.5. The van der Waals surface area contributed by atoms with E-state index in [0.717, 1.165) is 23.3 Å². The molecule has 2 aliphatic rings. The number of rotatable bonds is 6. The number of aromatic nitrogens is 2. The van der Waals surface area contributed by atoms with Crippen LogP contribution < -0.4 is 10.6 Å². The molecule has 1 aliphatic carbocycles. The first-order valence-electron chi connectivity index (χ1n) is 9.46. The van der Waals surface area contributed by atoms with Crippen molar-refractivity contribution in [3.8, 4) is 0 Å². The Hall–Kier alpha value is -2.87. The van der Waals surface area contributed by atoms with Crippen molar-refractivity contribution in [1.29, 1.82) is 0 Å². The fourth-order valence-corrected chi connectivity index (χ4v) is 3.88. The molecule has 2 heterocycles. The van der Waals surface area contributed by atoms with E-state index in [-0.39, 0.29) is 18.4 Å². The van der Waals surface area contributed by atoms with Crippen LogP contribution in [0.1, 0.15) is 37.2 Å². The van der Waals surface area contributed by atoms with Gasteiger partial charge in [-0.1, -0.05) is 23.7 Å². The molecule has 0 unspecified atom stereocenters. The minimum absolute atomic E-state index is 0.140. The average Bonchev–Trinajstić information content (AvgIpc) is 3.42. The Morgan fingerprint density at radius 1 is 1.34 bits per heavy atom. The summed E-state index contributed by atoms with van der Waals surface area (Å²) >= 11 is 5.98. The Balaban J connectivity index is 1.53. The molecule has 0 spiro atoms. The van der Waals surface area contributed by atoms with E-state index in [0.29, 0.717) is 10.8 Å². The number of hydrogen-bond acceptors (Lipinski definition) is 4. The second kappa shape index (κ2) is 7.18. The maximum Gasteiger partial charge on any atom is 0.325 e. The lowest BCUT2D eigenvalue weighted by Crippen LogP contribution is -2.47. The summed E-state index contributed by atoms with van der Waals surface area (Å²) in [6.45, 7) is 1.38. The average molecular weight is 416 g/mol. The molecule has 4 rings (SSSR count). The first-order chi connectivity index (χ1) is 13.8. The van der Waals surface area contributed by atoms with Gasteiger partial charge in [-0.2, -0.15) is 0 Å². The number of carbonyl (C=O) groups is 3. The Morgan fingerprint density at radius 2 is 2.03 bits per heavy atom. The Morgan fingerprint density at radius 3 is 2.62 bits per heavy atom. The standard InChI is InChI=1S/C20H22ClN5O3/c1-20(13-5-6-13)18(28)26(19(29)24-20)11-15(27)23-16(17-22-9-10-25(17)2)12-3-7-14(21)8-4-12/h3-4,7-10,13,16H,5-6,11H2,1-2H3,(H,23,27)(H,24,29)/t16-,20-/m0/s1. The summed E-state index contributed by atoms with van der Waals surface area (Å²) in [7, 11) is 1.83. The Bertz CT molecular complexity index is 969. The minimum atomic E-state index is -0.910. The van der Waals surface area contributed by atoms with Crippen LogP contribution in [0.25, 0.3) is 0 Å². The number of nitrogens with zero attached hydrogens (tertiary/aromatic N) is 3. The number of nitrogens with one attached hydrogen (secondary N) is 2. The Labute approximate surface area is 173 Å². The molecule has 29 heavy (non-hydrogen) atoms. The van der Waals surface area contributed by atoms with E-state index in [9.17, 15) is 14.4 Å². The number of hydrogen-bond donors (Lipinski definition) is 2. The first-order valence-corrected chi connectivity index (χ1v) is 9.83. The summed E-state index contributed by atoms with van der Waals surface area (Å²) < 4.78 is 1.80. The van der Waals surface area contributed by atoms with Crippen LogP contribution in [0.2, 0.25) is 5.02 Å². The molecule has 2 atom stereocenters. The zero-order valence-corrected chi connectivity index (χ0v) is 16.9. The zero-order valence-electron chi connectivity index (χ0n) is 16.2. The van der Waals surface area contributed by atoms with Crippen molar-refractivity contribution in [3.05, 3.63) is 53.1 Å². The summed E-state index contributed by atoms with van der Waals surface area (Å²) in [6, 6.07) is 6.00. The van der Waals surface area contributed by atoms with Gasteiger partial charge in [-0.15, -0.1) is 0 Å². The molecule has 1 aliphatic heterocycles. The molecular formula is C20H22ClN5O3. The molecule has 152 valence electrons. The number of carbonyl (C=O) groups excluding carboxylic acids is 3. The van der Waals surface area contributed by atoms with Gasteiger partial charge in [-0.05, 0) is 43.4 Å². The molecule has 1 saturated heterocycles. The van der Waals surface area contributed by atoms with Crippen LogP contribution in [0, 0.1) is 5.92 Å². The van der Waals surface area contributed by atoms with Crippen LogP contribution in [0.4, 0.5) is 4.79 Å². The summed E-state index contributed by atoms with van der Waals surface area (Å²) in [6.07, 6.45) is 5.23. The number of halogens is 1. The lowest BCUT2D eigenvalue weighted by Gasteiger charge is -2.22. The van der Waals surface area contributed by atoms with E-state index < -0.39 is 23.5 Å². The van der Waals surface area contributed by atoms with Crippen molar-refractivity contribution in [1.82, 2.24) is 25.1 Å². The molecule has 8 nitrogen and oxygen atoms in total. The van der Waals surface area contributed by atoms with E-state index in [2.05, 4.69) is 15.6 Å². The van der Waals surface area contributed by atoms with Crippen LogP contribution in [0.5, 0.6) is 0 Å². The van der Waals surface area contributed by atoms with Gasteiger partial charge in [0, 0.05) is 24.5 Å². The van der Waals surface area contributed by atoms with Gasteiger partial charge < -0.3 is 15.2 Å². The summed E-state index contributed by atoms with van der Waals surface area (Å²) in [5.74, 6) is -0.0289. The van der Waals surface area contributed by atoms with Gasteiger partial charge in [-0.3, -0.25) is 14.5 Å². The summed E-state index contributed by atoms with van der Waals surface area (Å²) in [5, 5.41) is 6.23. The predicted octanol–water partition coefficient (Wildman–Crippen LogP) is 2.00. The Kier molecular flexibility index (Phi) is 4.82. The number of benzene rings is 1. The van der Waals surface area contributed by atoms with E-state index in [1.54, 1.807) is 48.1 Å². The smallest absolute Gasteiger partial charge is 0.325 e. The monoisotopic (exact) mass is 415 g/mol. The van der Waals surface area contributed by atoms with Gasteiger partial charge in [0.05, 0.1) is 0 Å². The van der Waals surface area contributed by atoms with E-state index in [1.807, 2.05) is 7.05 Å². The van der Waals surface area contributed by atoms with Crippen LogP contribution >= 0.6 is 11.6 Å². The van der Waals surface area contributed by atoms with Gasteiger partial charge in [0.15, 0.2) is 0 Å². The fourth-order valence-electron chi connectivity index (χ4n) is 3.75. The molecule has 2 aromatic rings. The molecule has 0 bridgehead atoms. The number of urea groups is 1. The molecule has 0 radical (unpaired) electrons. The van der Waals surface area contributed by atoms with Gasteiger partial charge in [-0.25, -0.2) is 9.78 Å². The highest BCUT2D eigenvalue weighted by Gasteiger charge is 2.56. The summed E-state index contributed by atoms with van der Waals surface area (Å²) in [4.78, 5) is 43.2. The molecule has 1 saturated carbocycles. The largest absolute Gasteiger partial charge is 0.341 e. The van der Waals surface area contributed by atoms with E-state index in [4.69, 9.17) is 11.6 Å². The predicted molar refractivity (Wildman–Crippen MR) is 106 cm³/mol. The number of aryl methyl sites for hydroxylation is 1. The van der Waals surface area contributed by atoms with Crippen molar-refractivity contribution in [2.24, 2.45) is 13.0 Å². The molecule has 2 N–H and O–H groups in total. The maximum atomic E-state index is 12.8. The molecule has 1 aromatic heterocycles. The summed E-state index contributed by atoms with van der Waals surface area (Å²) in [5.41, 5.74) is -0.121. The number of imidazole rings is 1. The second-order valence-electron chi connectivity index (χ2n) is 7.75. The SMILES string of the molecule is Cn1ccnc1[C@@H](NC(=O)CN1C(=O)N[C@@](C)(C2CC2)C1=O)c1ccc(Cl)cc1. The lowest BCUT2D eigenvalue weighted by molar-refractivity contribution is -0.135. The topological polar surface area (TPSA) is 96.3 Å². The molecule has 2 fully saturated rings. The van der Waals surface area contributed by atoms with Crippen molar-refractivity contribution < 1.29 is 14.4 Å². The third-order valence-corrected chi connectivity index (χ3v) is 5.87. The molecular weight excluding hydrogens is 394 g/mol. The van der Waals surface area contributed by atoms with Gasteiger partial charge in [0.2, 0.25) is 5.91 Å². The van der Waals surface area contributed by atoms with Gasteiger partial charge in [0.1, 0.15) is 23.9 Å². The van der Waals surface area contributed by atoms with Crippen LogP contribution in [0.15, 0.2) is 36.7 Å². The lowest BCUT2D eigenvalue weighted by atomic mass is 9.96. The molecule has 1 aromatic carbocycles. The third kappa shape index (κ3) is 3.60. The van der Waals surface area contributed by atoms with Crippen molar-refractivity contribution in [2.75, 3.05) is 6.54 Å². The second-order valence-corrected chi connectivity index (χ2v) is 8.18. The van der Waals surface area contributed by atoms with Gasteiger partial charge >= 0.3 is 6.03 Å². The van der Waals surface area contributed by atoms with Crippen LogP contribution in [0.3, 0.4) is 0 Å². The highest BCUT2D eigenvalue weighted by molar-refractivity contribution is 6.30. The first kappa shape index (κ1) is 19.4. The molecule has 9 heteroatoms. The van der Waals surface area contributed by atoms with Crippen molar-refractivity contribution in [2.45, 2.75) is 31.3 Å². The van der Waals surface area contributed by atoms with Crippen LogP contribution in [-0.2, 0) is 16.6 Å². The zero-order chi connectivity index (χ0) is 20.8.